The van der Waals surface area contributed by atoms with Gasteiger partial charge in [0.15, 0.2) is 5.17 Å². The van der Waals surface area contributed by atoms with Crippen molar-refractivity contribution in [3.63, 3.8) is 0 Å². The summed E-state index contributed by atoms with van der Waals surface area (Å²) in [5, 5.41) is 2.11. The molecule has 1 aliphatic rings. The van der Waals surface area contributed by atoms with Gasteiger partial charge in [-0.15, -0.1) is 0 Å². The lowest BCUT2D eigenvalue weighted by molar-refractivity contribution is -0.122. The summed E-state index contributed by atoms with van der Waals surface area (Å²) in [6.07, 6.45) is 2.54. The molecular weight excluding hydrogens is 439 g/mol. The molecule has 1 saturated heterocycles. The smallest absolute Gasteiger partial charge is 0.266 e. The summed E-state index contributed by atoms with van der Waals surface area (Å²) in [5.41, 5.74) is 1.37. The summed E-state index contributed by atoms with van der Waals surface area (Å²) >= 11 is 19.6. The molecule has 0 bridgehead atoms. The molecule has 0 radical (unpaired) electrons. The number of benzene rings is 2. The molecule has 1 fully saturated rings. The Morgan fingerprint density at radius 3 is 2.50 bits per heavy atom. The van der Waals surface area contributed by atoms with Crippen LogP contribution in [0, 0.1) is 0 Å². The van der Waals surface area contributed by atoms with Crippen LogP contribution in [0.2, 0.25) is 15.1 Å². The van der Waals surface area contributed by atoms with Gasteiger partial charge >= 0.3 is 0 Å². The van der Waals surface area contributed by atoms with Gasteiger partial charge in [-0.05, 0) is 60.7 Å². The maximum atomic E-state index is 13.0. The number of ether oxygens (including phenoxy) is 1. The average molecular weight is 456 g/mol. The minimum Gasteiger partial charge on any atom is -0.495 e. The third kappa shape index (κ3) is 4.66. The van der Waals surface area contributed by atoms with Crippen LogP contribution in [0.3, 0.4) is 0 Å². The summed E-state index contributed by atoms with van der Waals surface area (Å²) < 4.78 is 5.37. The van der Waals surface area contributed by atoms with Crippen LogP contribution in [0.1, 0.15) is 18.9 Å². The van der Waals surface area contributed by atoms with Crippen molar-refractivity contribution in [1.29, 1.82) is 0 Å². The van der Waals surface area contributed by atoms with E-state index in [0.29, 0.717) is 43.0 Å². The van der Waals surface area contributed by atoms with E-state index in [1.807, 2.05) is 19.1 Å². The zero-order chi connectivity index (χ0) is 20.3. The topological polar surface area (TPSA) is 41.9 Å². The summed E-state index contributed by atoms with van der Waals surface area (Å²) in [4.78, 5) is 19.8. The van der Waals surface area contributed by atoms with Crippen LogP contribution in [0.5, 0.6) is 5.75 Å². The molecule has 2 aromatic rings. The first kappa shape index (κ1) is 21.1. The van der Waals surface area contributed by atoms with E-state index in [2.05, 4.69) is 4.99 Å². The summed E-state index contributed by atoms with van der Waals surface area (Å²) in [6, 6.07) is 10.5. The summed E-state index contributed by atoms with van der Waals surface area (Å²) in [6.45, 7) is 2.59. The highest BCUT2D eigenvalue weighted by Crippen LogP contribution is 2.38. The van der Waals surface area contributed by atoms with Gasteiger partial charge in [0, 0.05) is 22.2 Å². The standard InChI is InChI=1S/C20H17Cl3N2O2S/c1-3-8-25-19(26)17(10-12-9-14(22)11-16(23)18(12)27-2)28-20(25)24-15-6-4-13(21)5-7-15/h4-7,9-11H,3,8H2,1-2H3/b17-10-,24-20?. The lowest BCUT2D eigenvalue weighted by Gasteiger charge is -2.14. The lowest BCUT2D eigenvalue weighted by atomic mass is 10.2. The fourth-order valence-corrected chi connectivity index (χ4v) is 4.41. The van der Waals surface area contributed by atoms with E-state index in [0.717, 1.165) is 12.1 Å². The van der Waals surface area contributed by atoms with Gasteiger partial charge in [-0.2, -0.15) is 0 Å². The van der Waals surface area contributed by atoms with Crippen molar-refractivity contribution in [2.75, 3.05) is 13.7 Å². The number of nitrogens with zero attached hydrogens (tertiary/aromatic N) is 2. The quantitative estimate of drug-likeness (QED) is 0.473. The first-order valence-corrected chi connectivity index (χ1v) is 10.5. The molecule has 4 nitrogen and oxygen atoms in total. The largest absolute Gasteiger partial charge is 0.495 e. The number of methoxy groups -OCH3 is 1. The van der Waals surface area contributed by atoms with E-state index in [4.69, 9.17) is 39.5 Å². The Bertz CT molecular complexity index is 959. The molecule has 146 valence electrons. The zero-order valence-electron chi connectivity index (χ0n) is 15.2. The first-order chi connectivity index (χ1) is 13.4. The monoisotopic (exact) mass is 454 g/mol. The minimum absolute atomic E-state index is 0.113. The van der Waals surface area contributed by atoms with Crippen LogP contribution in [0.25, 0.3) is 6.08 Å². The highest BCUT2D eigenvalue weighted by molar-refractivity contribution is 8.18. The van der Waals surface area contributed by atoms with Crippen LogP contribution in [-0.4, -0.2) is 29.6 Å². The molecule has 3 rings (SSSR count). The second-order valence-electron chi connectivity index (χ2n) is 5.95. The van der Waals surface area contributed by atoms with Crippen molar-refractivity contribution in [2.24, 2.45) is 4.99 Å². The van der Waals surface area contributed by atoms with Crippen LogP contribution < -0.4 is 4.74 Å². The third-order valence-electron chi connectivity index (χ3n) is 3.91. The van der Waals surface area contributed by atoms with Gasteiger partial charge in [0.1, 0.15) is 5.75 Å². The van der Waals surface area contributed by atoms with Gasteiger partial charge in [-0.25, -0.2) is 4.99 Å². The number of halogens is 3. The second-order valence-corrected chi connectivity index (χ2v) is 8.24. The predicted molar refractivity (Wildman–Crippen MR) is 119 cm³/mol. The number of amides is 1. The molecular formula is C20H17Cl3N2O2S. The Balaban J connectivity index is 2.01. The second kappa shape index (κ2) is 9.23. The van der Waals surface area contributed by atoms with Gasteiger partial charge in [0.25, 0.3) is 5.91 Å². The van der Waals surface area contributed by atoms with Gasteiger partial charge in [0.05, 0.1) is 22.7 Å². The Hall–Kier alpha value is -1.66. The number of aliphatic imine (C=N–C) groups is 1. The fourth-order valence-electron chi connectivity index (χ4n) is 2.68. The molecule has 0 saturated carbocycles. The predicted octanol–water partition coefficient (Wildman–Crippen LogP) is 6.67. The first-order valence-electron chi connectivity index (χ1n) is 8.51. The number of rotatable bonds is 5. The van der Waals surface area contributed by atoms with Gasteiger partial charge in [-0.1, -0.05) is 41.7 Å². The highest BCUT2D eigenvalue weighted by Gasteiger charge is 2.33. The zero-order valence-corrected chi connectivity index (χ0v) is 18.3. The Morgan fingerprint density at radius 2 is 1.86 bits per heavy atom. The van der Waals surface area contributed by atoms with Crippen LogP contribution in [0.4, 0.5) is 5.69 Å². The highest BCUT2D eigenvalue weighted by atomic mass is 35.5. The number of carbonyl (C=O) groups excluding carboxylic acids is 1. The number of hydrogen-bond acceptors (Lipinski definition) is 4. The molecule has 8 heteroatoms. The van der Waals surface area contributed by atoms with Gasteiger partial charge in [-0.3, -0.25) is 9.69 Å². The molecule has 28 heavy (non-hydrogen) atoms. The van der Waals surface area contributed by atoms with Crippen molar-refractivity contribution in [3.05, 3.63) is 61.9 Å². The maximum absolute atomic E-state index is 13.0. The van der Waals surface area contributed by atoms with E-state index in [-0.39, 0.29) is 5.91 Å². The molecule has 2 aromatic carbocycles. The van der Waals surface area contributed by atoms with Crippen molar-refractivity contribution < 1.29 is 9.53 Å². The molecule has 1 aliphatic heterocycles. The molecule has 0 atom stereocenters. The van der Waals surface area contributed by atoms with E-state index < -0.39 is 0 Å². The Morgan fingerprint density at radius 1 is 1.14 bits per heavy atom. The lowest BCUT2D eigenvalue weighted by Crippen LogP contribution is -2.29. The van der Waals surface area contributed by atoms with E-state index >= 15 is 0 Å². The van der Waals surface area contributed by atoms with Crippen molar-refractivity contribution >= 4 is 69.4 Å². The van der Waals surface area contributed by atoms with E-state index in [1.54, 1.807) is 35.2 Å². The maximum Gasteiger partial charge on any atom is 0.266 e. The Kier molecular flexibility index (Phi) is 6.94. The van der Waals surface area contributed by atoms with E-state index in [1.165, 1.54) is 18.9 Å². The molecule has 0 N–H and O–H groups in total. The summed E-state index contributed by atoms with van der Waals surface area (Å²) in [7, 11) is 1.53. The van der Waals surface area contributed by atoms with Crippen molar-refractivity contribution in [1.82, 2.24) is 4.90 Å². The molecule has 1 heterocycles. The van der Waals surface area contributed by atoms with Crippen LogP contribution in [-0.2, 0) is 4.79 Å². The number of thioether (sulfide) groups is 1. The third-order valence-corrected chi connectivity index (χ3v) is 5.67. The SMILES string of the molecule is CCCN1C(=O)/C(=C/c2cc(Cl)cc(Cl)c2OC)SC1=Nc1ccc(Cl)cc1. The van der Waals surface area contributed by atoms with Gasteiger partial charge in [0.2, 0.25) is 0 Å². The minimum atomic E-state index is -0.113. The Labute approximate surface area is 183 Å². The molecule has 0 aromatic heterocycles. The summed E-state index contributed by atoms with van der Waals surface area (Å²) in [5.74, 6) is 0.356. The molecule has 0 unspecified atom stereocenters. The van der Waals surface area contributed by atoms with Crippen LogP contribution >= 0.6 is 46.6 Å². The number of carbonyl (C=O) groups is 1. The number of hydrogen-bond donors (Lipinski definition) is 0. The normalized spacial score (nSPS) is 17.0. The van der Waals surface area contributed by atoms with Crippen LogP contribution in [0.15, 0.2) is 46.3 Å². The molecule has 0 aliphatic carbocycles. The molecule has 0 spiro atoms. The van der Waals surface area contributed by atoms with Crippen molar-refractivity contribution in [3.8, 4) is 5.75 Å². The van der Waals surface area contributed by atoms with Gasteiger partial charge < -0.3 is 4.74 Å². The average Bonchev–Trinajstić information content (AvgIpc) is 2.92. The van der Waals surface area contributed by atoms with Crippen molar-refractivity contribution in [2.45, 2.75) is 13.3 Å². The number of amidine groups is 1. The molecule has 1 amide bonds. The van der Waals surface area contributed by atoms with E-state index in [9.17, 15) is 4.79 Å². The fraction of sp³-hybridized carbons (Fsp3) is 0.200.